The van der Waals surface area contributed by atoms with Crippen LogP contribution in [-0.4, -0.2) is 17.9 Å². The second-order valence-electron chi connectivity index (χ2n) is 5.14. The summed E-state index contributed by atoms with van der Waals surface area (Å²) in [5.41, 5.74) is 6.95. The van der Waals surface area contributed by atoms with Crippen molar-refractivity contribution in [3.63, 3.8) is 0 Å². The molecule has 1 aliphatic carbocycles. The minimum Gasteiger partial charge on any atom is -0.328 e. The van der Waals surface area contributed by atoms with Crippen molar-refractivity contribution < 1.29 is 9.59 Å². The van der Waals surface area contributed by atoms with Crippen molar-refractivity contribution >= 4 is 47.2 Å². The normalized spacial score (nSPS) is 20.5. The van der Waals surface area contributed by atoms with Gasteiger partial charge >= 0.3 is 0 Å². The average molecular weight is 332 g/mol. The van der Waals surface area contributed by atoms with Crippen LogP contribution in [-0.2, 0) is 9.59 Å². The third kappa shape index (κ3) is 4.88. The molecule has 0 spiro atoms. The molecular weight excluding hydrogens is 313 g/mol. The minimum atomic E-state index is -0.191. The maximum atomic E-state index is 12.1. The Bertz CT molecular complexity index is 537. The standard InChI is InChI=1S/C14H18ClN3O2.ClH/c1-8(19)17-13-5-4-11(7-12(13)15)18-14(20)9-2-3-10(16)6-9;/h4-5,7,9-10H,2-3,6,16H2,1H3,(H,17,19)(H,18,20);1H. The van der Waals surface area contributed by atoms with Crippen LogP contribution in [0.1, 0.15) is 26.2 Å². The maximum absolute atomic E-state index is 12.1. The van der Waals surface area contributed by atoms with E-state index in [1.54, 1.807) is 18.2 Å². The van der Waals surface area contributed by atoms with Crippen molar-refractivity contribution in [2.75, 3.05) is 10.6 Å². The SMILES string of the molecule is CC(=O)Nc1ccc(NC(=O)C2CCC(N)C2)cc1Cl.Cl. The first-order chi connectivity index (χ1) is 9.45. The lowest BCUT2D eigenvalue weighted by atomic mass is 10.1. The number of nitrogens with two attached hydrogens (primary N) is 1. The van der Waals surface area contributed by atoms with Crippen LogP contribution in [0, 0.1) is 5.92 Å². The van der Waals surface area contributed by atoms with Gasteiger partial charge in [-0.3, -0.25) is 9.59 Å². The van der Waals surface area contributed by atoms with Gasteiger partial charge < -0.3 is 16.4 Å². The van der Waals surface area contributed by atoms with Crippen molar-refractivity contribution in [2.24, 2.45) is 11.7 Å². The molecular formula is C14H19Cl2N3O2. The molecule has 0 bridgehead atoms. The van der Waals surface area contributed by atoms with Gasteiger partial charge in [-0.1, -0.05) is 11.6 Å². The predicted molar refractivity (Wildman–Crippen MR) is 86.9 cm³/mol. The zero-order chi connectivity index (χ0) is 14.7. The van der Waals surface area contributed by atoms with E-state index < -0.39 is 0 Å². The summed E-state index contributed by atoms with van der Waals surface area (Å²) in [5.74, 6) is -0.247. The fourth-order valence-electron chi connectivity index (χ4n) is 2.38. The lowest BCUT2D eigenvalue weighted by Gasteiger charge is -2.12. The molecule has 2 amide bonds. The number of nitrogens with one attached hydrogen (secondary N) is 2. The van der Waals surface area contributed by atoms with E-state index in [-0.39, 0.29) is 36.2 Å². The topological polar surface area (TPSA) is 84.2 Å². The Morgan fingerprint density at radius 2 is 2.00 bits per heavy atom. The van der Waals surface area contributed by atoms with Gasteiger partial charge in [0.25, 0.3) is 0 Å². The van der Waals surface area contributed by atoms with Crippen LogP contribution in [0.4, 0.5) is 11.4 Å². The Hall–Kier alpha value is -1.30. The van der Waals surface area contributed by atoms with Crippen LogP contribution < -0.4 is 16.4 Å². The second-order valence-corrected chi connectivity index (χ2v) is 5.54. The Labute approximate surface area is 135 Å². The molecule has 1 saturated carbocycles. The largest absolute Gasteiger partial charge is 0.328 e. The Morgan fingerprint density at radius 1 is 1.29 bits per heavy atom. The van der Waals surface area contributed by atoms with E-state index in [0.717, 1.165) is 19.3 Å². The molecule has 116 valence electrons. The van der Waals surface area contributed by atoms with Gasteiger partial charge in [-0.05, 0) is 37.5 Å². The number of amides is 2. The van der Waals surface area contributed by atoms with Crippen LogP contribution in [0.25, 0.3) is 0 Å². The van der Waals surface area contributed by atoms with E-state index in [1.165, 1.54) is 6.92 Å². The molecule has 1 aromatic carbocycles. The van der Waals surface area contributed by atoms with E-state index >= 15 is 0 Å². The van der Waals surface area contributed by atoms with Gasteiger partial charge in [0, 0.05) is 24.6 Å². The summed E-state index contributed by atoms with van der Waals surface area (Å²) >= 11 is 6.05. The molecule has 2 rings (SSSR count). The van der Waals surface area contributed by atoms with Gasteiger partial charge in [-0.2, -0.15) is 0 Å². The van der Waals surface area contributed by atoms with Crippen molar-refractivity contribution in [1.29, 1.82) is 0 Å². The van der Waals surface area contributed by atoms with Gasteiger partial charge in [0.1, 0.15) is 0 Å². The fraction of sp³-hybridized carbons (Fsp3) is 0.429. The summed E-state index contributed by atoms with van der Waals surface area (Å²) in [7, 11) is 0. The Morgan fingerprint density at radius 3 is 2.52 bits per heavy atom. The maximum Gasteiger partial charge on any atom is 0.227 e. The van der Waals surface area contributed by atoms with Crippen molar-refractivity contribution in [3.05, 3.63) is 23.2 Å². The van der Waals surface area contributed by atoms with Crippen LogP contribution in [0.5, 0.6) is 0 Å². The van der Waals surface area contributed by atoms with Crippen molar-refractivity contribution in [2.45, 2.75) is 32.2 Å². The summed E-state index contributed by atoms with van der Waals surface area (Å²) < 4.78 is 0. The molecule has 1 aliphatic rings. The molecule has 4 N–H and O–H groups in total. The molecule has 0 heterocycles. The second kappa shape index (κ2) is 7.64. The highest BCUT2D eigenvalue weighted by Gasteiger charge is 2.27. The fourth-order valence-corrected chi connectivity index (χ4v) is 2.61. The van der Waals surface area contributed by atoms with Gasteiger partial charge in [-0.25, -0.2) is 0 Å². The number of carbonyl (C=O) groups is 2. The molecule has 5 nitrogen and oxygen atoms in total. The number of benzene rings is 1. The Balaban J connectivity index is 0.00000220. The number of rotatable bonds is 3. The number of carbonyl (C=O) groups excluding carboxylic acids is 2. The van der Waals surface area contributed by atoms with Crippen LogP contribution in [0.3, 0.4) is 0 Å². The van der Waals surface area contributed by atoms with E-state index in [2.05, 4.69) is 10.6 Å². The third-order valence-corrected chi connectivity index (χ3v) is 3.70. The highest BCUT2D eigenvalue weighted by atomic mass is 35.5. The van der Waals surface area contributed by atoms with Gasteiger partial charge in [0.15, 0.2) is 0 Å². The summed E-state index contributed by atoms with van der Waals surface area (Å²) in [5, 5.41) is 5.84. The lowest BCUT2D eigenvalue weighted by molar-refractivity contribution is -0.119. The highest BCUT2D eigenvalue weighted by Crippen LogP contribution is 2.28. The first-order valence-electron chi connectivity index (χ1n) is 6.59. The number of anilines is 2. The van der Waals surface area contributed by atoms with E-state index in [4.69, 9.17) is 17.3 Å². The van der Waals surface area contributed by atoms with E-state index in [1.807, 2.05) is 0 Å². The zero-order valence-electron chi connectivity index (χ0n) is 11.7. The molecule has 0 aromatic heterocycles. The highest BCUT2D eigenvalue weighted by molar-refractivity contribution is 6.34. The zero-order valence-corrected chi connectivity index (χ0v) is 13.3. The molecule has 0 saturated heterocycles. The molecule has 2 unspecified atom stereocenters. The molecule has 0 aliphatic heterocycles. The number of hydrogen-bond donors (Lipinski definition) is 3. The first kappa shape index (κ1) is 17.8. The van der Waals surface area contributed by atoms with Crippen molar-refractivity contribution in [1.82, 2.24) is 0 Å². The summed E-state index contributed by atoms with van der Waals surface area (Å²) in [4.78, 5) is 23.0. The van der Waals surface area contributed by atoms with Crippen molar-refractivity contribution in [3.8, 4) is 0 Å². The third-order valence-electron chi connectivity index (χ3n) is 3.39. The van der Waals surface area contributed by atoms with E-state index in [9.17, 15) is 9.59 Å². The van der Waals surface area contributed by atoms with E-state index in [0.29, 0.717) is 16.4 Å². The smallest absolute Gasteiger partial charge is 0.227 e. The molecule has 1 fully saturated rings. The summed E-state index contributed by atoms with van der Waals surface area (Å²) in [6.45, 7) is 1.41. The number of hydrogen-bond acceptors (Lipinski definition) is 3. The molecule has 1 aromatic rings. The summed E-state index contributed by atoms with van der Waals surface area (Å²) in [6.07, 6.45) is 2.44. The van der Waals surface area contributed by atoms with Crippen LogP contribution >= 0.6 is 24.0 Å². The molecule has 21 heavy (non-hydrogen) atoms. The van der Waals surface area contributed by atoms with Gasteiger partial charge in [0.2, 0.25) is 11.8 Å². The molecule has 0 radical (unpaired) electrons. The molecule has 7 heteroatoms. The number of halogens is 2. The van der Waals surface area contributed by atoms with Gasteiger partial charge in [0.05, 0.1) is 10.7 Å². The summed E-state index contributed by atoms with van der Waals surface area (Å²) in [6, 6.07) is 5.12. The Kier molecular flexibility index (Phi) is 6.45. The molecule has 2 atom stereocenters. The average Bonchev–Trinajstić information content (AvgIpc) is 2.79. The monoisotopic (exact) mass is 331 g/mol. The van der Waals surface area contributed by atoms with Gasteiger partial charge in [-0.15, -0.1) is 12.4 Å². The quantitative estimate of drug-likeness (QED) is 0.796. The van der Waals surface area contributed by atoms with Crippen LogP contribution in [0.15, 0.2) is 18.2 Å². The first-order valence-corrected chi connectivity index (χ1v) is 6.97. The predicted octanol–water partition coefficient (Wildman–Crippen LogP) is 2.79. The minimum absolute atomic E-state index is 0. The lowest BCUT2D eigenvalue weighted by Crippen LogP contribution is -2.23. The van der Waals surface area contributed by atoms with Crippen LogP contribution in [0.2, 0.25) is 5.02 Å².